The van der Waals surface area contributed by atoms with Crippen LogP contribution in [0.15, 0.2) is 12.3 Å². The minimum atomic E-state index is 0.278. The molecule has 1 rings (SSSR count). The van der Waals surface area contributed by atoms with Gasteiger partial charge < -0.3 is 10.1 Å². The van der Waals surface area contributed by atoms with Crippen LogP contribution in [0.3, 0.4) is 0 Å². The van der Waals surface area contributed by atoms with Crippen LogP contribution < -0.4 is 5.32 Å². The van der Waals surface area contributed by atoms with E-state index < -0.39 is 0 Å². The average molecular weight is 225 g/mol. The first-order valence-electron chi connectivity index (χ1n) is 5.77. The Morgan fingerprint density at radius 3 is 2.81 bits per heavy atom. The molecule has 1 heterocycles. The molecule has 0 aliphatic carbocycles. The van der Waals surface area contributed by atoms with Gasteiger partial charge >= 0.3 is 0 Å². The van der Waals surface area contributed by atoms with Crippen LogP contribution >= 0.6 is 0 Å². The molecule has 0 saturated heterocycles. The number of anilines is 1. The van der Waals surface area contributed by atoms with Crippen LogP contribution in [0.25, 0.3) is 0 Å². The second-order valence-electron chi connectivity index (χ2n) is 5.22. The molecule has 92 valence electrons. The molecule has 0 atom stereocenters. The van der Waals surface area contributed by atoms with Crippen LogP contribution in [-0.2, 0) is 11.3 Å². The van der Waals surface area contributed by atoms with Crippen molar-refractivity contribution in [1.29, 1.82) is 0 Å². The van der Waals surface area contributed by atoms with Gasteiger partial charge in [-0.15, -0.1) is 0 Å². The molecule has 0 aliphatic heterocycles. The lowest BCUT2D eigenvalue weighted by atomic mass is 9.97. The van der Waals surface area contributed by atoms with E-state index in [2.05, 4.69) is 31.2 Å². The zero-order chi connectivity index (χ0) is 12.0. The fourth-order valence-corrected chi connectivity index (χ4v) is 1.31. The molecule has 0 unspecified atom stereocenters. The van der Waals surface area contributed by atoms with E-state index in [0.29, 0.717) is 0 Å². The van der Waals surface area contributed by atoms with Crippen molar-refractivity contribution >= 4 is 5.82 Å². The molecule has 0 spiro atoms. The highest BCUT2D eigenvalue weighted by molar-refractivity contribution is 5.32. The molecule has 16 heavy (non-hydrogen) atoms. The summed E-state index contributed by atoms with van der Waals surface area (Å²) in [6, 6.07) is 2.01. The van der Waals surface area contributed by atoms with Crippen molar-refractivity contribution in [1.82, 2.24) is 9.78 Å². The number of hydrogen-bond donors (Lipinski definition) is 1. The third-order valence-electron chi connectivity index (χ3n) is 2.18. The van der Waals surface area contributed by atoms with Crippen molar-refractivity contribution in [3.63, 3.8) is 0 Å². The van der Waals surface area contributed by atoms with Crippen LogP contribution in [0.4, 0.5) is 5.82 Å². The standard InChI is InChI=1S/C12H23N3O/c1-12(2,3)10-13-11-6-8-15(14-11)7-5-9-16-4/h6,8H,5,7,9-10H2,1-4H3,(H,13,14). The van der Waals surface area contributed by atoms with E-state index in [9.17, 15) is 0 Å². The number of aromatic nitrogens is 2. The van der Waals surface area contributed by atoms with Gasteiger partial charge in [-0.3, -0.25) is 4.68 Å². The highest BCUT2D eigenvalue weighted by atomic mass is 16.5. The van der Waals surface area contributed by atoms with E-state index in [1.165, 1.54) is 0 Å². The molecule has 0 fully saturated rings. The predicted molar refractivity (Wildman–Crippen MR) is 66.7 cm³/mol. The van der Waals surface area contributed by atoms with Crippen molar-refractivity contribution in [2.24, 2.45) is 5.41 Å². The molecule has 0 aromatic carbocycles. The van der Waals surface area contributed by atoms with Crippen LogP contribution in [0.5, 0.6) is 0 Å². The molecule has 0 bridgehead atoms. The lowest BCUT2D eigenvalue weighted by Crippen LogP contribution is -2.19. The van der Waals surface area contributed by atoms with E-state index in [1.807, 2.05) is 16.9 Å². The largest absolute Gasteiger partial charge is 0.385 e. The molecule has 1 aromatic heterocycles. The maximum absolute atomic E-state index is 5.01. The summed E-state index contributed by atoms with van der Waals surface area (Å²) >= 11 is 0. The van der Waals surface area contributed by atoms with Crippen LogP contribution in [0, 0.1) is 5.41 Å². The molecule has 0 amide bonds. The molecule has 0 aliphatic rings. The number of nitrogens with one attached hydrogen (secondary N) is 1. The maximum Gasteiger partial charge on any atom is 0.148 e. The monoisotopic (exact) mass is 225 g/mol. The predicted octanol–water partition coefficient (Wildman–Crippen LogP) is 2.38. The molecule has 4 nitrogen and oxygen atoms in total. The minimum absolute atomic E-state index is 0.278. The van der Waals surface area contributed by atoms with Gasteiger partial charge in [-0.2, -0.15) is 5.10 Å². The average Bonchev–Trinajstić information content (AvgIpc) is 2.62. The third-order valence-corrected chi connectivity index (χ3v) is 2.18. The van der Waals surface area contributed by atoms with Gasteiger partial charge in [0.25, 0.3) is 0 Å². The third kappa shape index (κ3) is 5.16. The lowest BCUT2D eigenvalue weighted by molar-refractivity contribution is 0.189. The number of aryl methyl sites for hydroxylation is 1. The van der Waals surface area contributed by atoms with E-state index in [1.54, 1.807) is 7.11 Å². The number of hydrogen-bond acceptors (Lipinski definition) is 3. The molecule has 1 N–H and O–H groups in total. The van der Waals surface area contributed by atoms with Gasteiger partial charge in [0.05, 0.1) is 0 Å². The van der Waals surface area contributed by atoms with Crippen molar-refractivity contribution in [2.75, 3.05) is 25.6 Å². The Morgan fingerprint density at radius 1 is 1.44 bits per heavy atom. The number of ether oxygens (including phenoxy) is 1. The Kier molecular flexibility index (Phi) is 4.80. The fourth-order valence-electron chi connectivity index (χ4n) is 1.31. The summed E-state index contributed by atoms with van der Waals surface area (Å²) in [6.07, 6.45) is 3.00. The summed E-state index contributed by atoms with van der Waals surface area (Å²) < 4.78 is 6.95. The van der Waals surface area contributed by atoms with Crippen LogP contribution in [0.1, 0.15) is 27.2 Å². The van der Waals surface area contributed by atoms with Crippen molar-refractivity contribution in [3.8, 4) is 0 Å². The molecule has 1 aromatic rings. The van der Waals surface area contributed by atoms with Gasteiger partial charge in [0.1, 0.15) is 5.82 Å². The normalized spacial score (nSPS) is 11.8. The fraction of sp³-hybridized carbons (Fsp3) is 0.750. The minimum Gasteiger partial charge on any atom is -0.385 e. The summed E-state index contributed by atoms with van der Waals surface area (Å²) in [7, 11) is 1.72. The number of nitrogens with zero attached hydrogens (tertiary/aromatic N) is 2. The summed E-state index contributed by atoms with van der Waals surface area (Å²) in [6.45, 7) is 9.23. The van der Waals surface area contributed by atoms with Gasteiger partial charge in [-0.25, -0.2) is 0 Å². The lowest BCUT2D eigenvalue weighted by Gasteiger charge is -2.18. The molecular formula is C12H23N3O. The van der Waals surface area contributed by atoms with Gasteiger partial charge in [0.15, 0.2) is 0 Å². The first kappa shape index (κ1) is 13.0. The highest BCUT2D eigenvalue weighted by Gasteiger charge is 2.10. The Labute approximate surface area is 98.0 Å². The smallest absolute Gasteiger partial charge is 0.148 e. The van der Waals surface area contributed by atoms with Crippen molar-refractivity contribution in [3.05, 3.63) is 12.3 Å². The first-order chi connectivity index (χ1) is 7.51. The summed E-state index contributed by atoms with van der Waals surface area (Å²) in [5.74, 6) is 0.951. The van der Waals surface area contributed by atoms with E-state index in [0.717, 1.165) is 31.9 Å². The topological polar surface area (TPSA) is 39.1 Å². The van der Waals surface area contributed by atoms with E-state index in [-0.39, 0.29) is 5.41 Å². The highest BCUT2D eigenvalue weighted by Crippen LogP contribution is 2.14. The second kappa shape index (κ2) is 5.89. The van der Waals surface area contributed by atoms with E-state index in [4.69, 9.17) is 4.74 Å². The summed E-state index contributed by atoms with van der Waals surface area (Å²) in [5, 5.41) is 7.77. The Bertz CT molecular complexity index is 301. The van der Waals surface area contributed by atoms with Crippen LogP contribution in [0.2, 0.25) is 0 Å². The van der Waals surface area contributed by atoms with Crippen molar-refractivity contribution in [2.45, 2.75) is 33.7 Å². The molecule has 4 heteroatoms. The molecule has 0 saturated carbocycles. The Morgan fingerprint density at radius 2 is 2.19 bits per heavy atom. The van der Waals surface area contributed by atoms with E-state index >= 15 is 0 Å². The molecular weight excluding hydrogens is 202 g/mol. The van der Waals surface area contributed by atoms with Gasteiger partial charge in [-0.05, 0) is 11.8 Å². The molecule has 0 radical (unpaired) electrons. The first-order valence-corrected chi connectivity index (χ1v) is 5.77. The van der Waals surface area contributed by atoms with Crippen LogP contribution in [-0.4, -0.2) is 30.0 Å². The van der Waals surface area contributed by atoms with Gasteiger partial charge in [0.2, 0.25) is 0 Å². The van der Waals surface area contributed by atoms with Crippen molar-refractivity contribution < 1.29 is 4.74 Å². The summed E-state index contributed by atoms with van der Waals surface area (Å²) in [4.78, 5) is 0. The second-order valence-corrected chi connectivity index (χ2v) is 5.22. The number of rotatable bonds is 6. The Balaban J connectivity index is 2.33. The summed E-state index contributed by atoms with van der Waals surface area (Å²) in [5.41, 5.74) is 0.278. The zero-order valence-electron chi connectivity index (χ0n) is 10.8. The Hall–Kier alpha value is -1.03. The van der Waals surface area contributed by atoms with Gasteiger partial charge in [-0.1, -0.05) is 20.8 Å². The SMILES string of the molecule is COCCCn1ccc(NCC(C)(C)C)n1. The van der Waals surface area contributed by atoms with Gasteiger partial charge in [0, 0.05) is 39.1 Å². The maximum atomic E-state index is 5.01. The number of methoxy groups -OCH3 is 1. The quantitative estimate of drug-likeness (QED) is 0.755. The zero-order valence-corrected chi connectivity index (χ0v) is 10.8.